The summed E-state index contributed by atoms with van der Waals surface area (Å²) in [4.78, 5) is 25.3. The average Bonchev–Trinajstić information content (AvgIpc) is 2.98. The van der Waals surface area contributed by atoms with E-state index in [0.717, 1.165) is 16.7 Å². The lowest BCUT2D eigenvalue weighted by molar-refractivity contribution is -0.268. The highest BCUT2D eigenvalue weighted by molar-refractivity contribution is 7.99. The molecule has 1 fully saturated rings. The number of amides is 1. The fourth-order valence-electron chi connectivity index (χ4n) is 4.29. The molecule has 0 spiro atoms. The van der Waals surface area contributed by atoms with E-state index in [-0.39, 0.29) is 30.6 Å². The molecular weight excluding hydrogens is 500 g/mol. The molecule has 4 atom stereocenters. The van der Waals surface area contributed by atoms with Crippen molar-refractivity contribution in [3.63, 3.8) is 0 Å². The second-order valence-electron chi connectivity index (χ2n) is 8.99. The predicted octanol–water partition coefficient (Wildman–Crippen LogP) is 5.20. The molecular formula is C29H28N4O4S. The lowest BCUT2D eigenvalue weighted by Crippen LogP contribution is -2.38. The molecule has 2 aromatic heterocycles. The molecule has 1 aliphatic heterocycles. The summed E-state index contributed by atoms with van der Waals surface area (Å²) in [6.45, 7) is 2.10. The van der Waals surface area contributed by atoms with E-state index in [1.54, 1.807) is 48.6 Å². The van der Waals surface area contributed by atoms with Gasteiger partial charge >= 0.3 is 0 Å². The largest absolute Gasteiger partial charge is 0.392 e. The third-order valence-corrected chi connectivity index (χ3v) is 7.35. The fraction of sp³-hybridized carbons (Fsp3) is 0.241. The minimum Gasteiger partial charge on any atom is -0.392 e. The Labute approximate surface area is 225 Å². The summed E-state index contributed by atoms with van der Waals surface area (Å²) in [5, 5.41) is 13.1. The number of anilines is 1. The maximum absolute atomic E-state index is 12.7. The number of carbonyl (C=O) groups is 1. The van der Waals surface area contributed by atoms with Crippen molar-refractivity contribution in [1.82, 2.24) is 15.0 Å². The van der Waals surface area contributed by atoms with Crippen molar-refractivity contribution in [3.05, 3.63) is 114 Å². The molecule has 0 unspecified atom stereocenters. The number of rotatable bonds is 8. The molecule has 8 nitrogen and oxygen atoms in total. The van der Waals surface area contributed by atoms with Gasteiger partial charge in [-0.15, -0.1) is 0 Å². The van der Waals surface area contributed by atoms with E-state index in [1.807, 2.05) is 48.5 Å². The summed E-state index contributed by atoms with van der Waals surface area (Å²) in [7, 11) is 0. The summed E-state index contributed by atoms with van der Waals surface area (Å²) in [5.41, 5.74) is 3.76. The van der Waals surface area contributed by atoms with E-state index in [0.29, 0.717) is 22.2 Å². The van der Waals surface area contributed by atoms with Crippen molar-refractivity contribution < 1.29 is 19.4 Å². The molecule has 1 amide bonds. The lowest BCUT2D eigenvalue weighted by atomic mass is 9.91. The van der Waals surface area contributed by atoms with Crippen LogP contribution in [0, 0.1) is 5.92 Å². The van der Waals surface area contributed by atoms with Gasteiger partial charge in [0.15, 0.2) is 11.4 Å². The van der Waals surface area contributed by atoms with Crippen LogP contribution in [0.4, 0.5) is 5.69 Å². The Balaban J connectivity index is 1.38. The van der Waals surface area contributed by atoms with Crippen LogP contribution in [0.5, 0.6) is 0 Å². The van der Waals surface area contributed by atoms with E-state index in [2.05, 4.69) is 27.2 Å². The molecule has 3 heterocycles. The molecule has 0 aliphatic carbocycles. The normalized spacial score (nSPS) is 21.1. The van der Waals surface area contributed by atoms with Crippen LogP contribution in [0.25, 0.3) is 0 Å². The minimum absolute atomic E-state index is 0.0129. The molecule has 0 bridgehead atoms. The van der Waals surface area contributed by atoms with Gasteiger partial charge in [0.05, 0.1) is 24.4 Å². The Kier molecular flexibility index (Phi) is 8.40. The van der Waals surface area contributed by atoms with Crippen LogP contribution in [0.3, 0.4) is 0 Å². The van der Waals surface area contributed by atoms with Crippen LogP contribution >= 0.6 is 11.8 Å². The zero-order valence-corrected chi connectivity index (χ0v) is 21.6. The third kappa shape index (κ3) is 6.25. The highest BCUT2D eigenvalue weighted by Gasteiger charge is 2.38. The summed E-state index contributed by atoms with van der Waals surface area (Å²) in [5.74, 6) is 0.442. The number of nitrogens with zero attached hydrogens (tertiary/aromatic N) is 3. The first-order chi connectivity index (χ1) is 18.6. The smallest absolute Gasteiger partial charge is 0.257 e. The van der Waals surface area contributed by atoms with Gasteiger partial charge in [0.25, 0.3) is 5.91 Å². The first-order valence-electron chi connectivity index (χ1n) is 12.3. The van der Waals surface area contributed by atoms with Gasteiger partial charge in [-0.05, 0) is 41.5 Å². The zero-order valence-electron chi connectivity index (χ0n) is 20.8. The topological polar surface area (TPSA) is 106 Å². The van der Waals surface area contributed by atoms with E-state index >= 15 is 0 Å². The molecule has 5 rings (SSSR count). The Morgan fingerprint density at radius 3 is 2.53 bits per heavy atom. The van der Waals surface area contributed by atoms with Gasteiger partial charge < -0.3 is 19.9 Å². The van der Waals surface area contributed by atoms with E-state index in [9.17, 15) is 9.90 Å². The number of pyridine rings is 1. The second-order valence-corrected chi connectivity index (χ2v) is 9.97. The Morgan fingerprint density at radius 2 is 1.79 bits per heavy atom. The van der Waals surface area contributed by atoms with Crippen LogP contribution in [-0.2, 0) is 16.1 Å². The Bertz CT molecular complexity index is 1340. The SMILES string of the molecule is C[C@H]1[C@@H](CSc2ncccn2)O[C@@H](c2cccc(NC(=O)c3cccnc3)c2)O[C@H]1c1ccc(CO)cc1. The summed E-state index contributed by atoms with van der Waals surface area (Å²) in [6, 6.07) is 20.5. The number of carbonyl (C=O) groups excluding carboxylic acids is 1. The number of ether oxygens (including phenoxy) is 2. The first kappa shape index (κ1) is 26.0. The van der Waals surface area contributed by atoms with Crippen molar-refractivity contribution in [2.75, 3.05) is 11.1 Å². The van der Waals surface area contributed by atoms with Crippen LogP contribution in [0.2, 0.25) is 0 Å². The molecule has 0 radical (unpaired) electrons. The fourth-order valence-corrected chi connectivity index (χ4v) is 5.26. The van der Waals surface area contributed by atoms with Gasteiger partial charge in [-0.1, -0.05) is 55.1 Å². The molecule has 1 saturated heterocycles. The summed E-state index contributed by atoms with van der Waals surface area (Å²) >= 11 is 1.54. The van der Waals surface area contributed by atoms with Crippen molar-refractivity contribution in [2.45, 2.75) is 37.2 Å². The van der Waals surface area contributed by atoms with E-state index < -0.39 is 6.29 Å². The van der Waals surface area contributed by atoms with Gasteiger partial charge in [-0.3, -0.25) is 9.78 Å². The molecule has 4 aromatic rings. The number of thioether (sulfide) groups is 1. The number of benzene rings is 2. The number of aliphatic hydroxyl groups excluding tert-OH is 1. The molecule has 9 heteroatoms. The molecule has 1 aliphatic rings. The number of hydrogen-bond acceptors (Lipinski definition) is 8. The monoisotopic (exact) mass is 528 g/mol. The minimum atomic E-state index is -0.647. The number of aliphatic hydroxyl groups is 1. The lowest BCUT2D eigenvalue weighted by Gasteiger charge is -2.41. The summed E-state index contributed by atoms with van der Waals surface area (Å²) in [6.07, 6.45) is 5.57. The number of aromatic nitrogens is 3. The zero-order chi connectivity index (χ0) is 26.3. The first-order valence-corrected chi connectivity index (χ1v) is 13.3. The van der Waals surface area contributed by atoms with Crippen LogP contribution in [0.1, 0.15) is 46.4 Å². The van der Waals surface area contributed by atoms with Crippen molar-refractivity contribution in [1.29, 1.82) is 0 Å². The van der Waals surface area contributed by atoms with Gasteiger partial charge in [0, 0.05) is 47.7 Å². The molecule has 2 aromatic carbocycles. The van der Waals surface area contributed by atoms with Crippen LogP contribution < -0.4 is 5.32 Å². The molecule has 38 heavy (non-hydrogen) atoms. The maximum Gasteiger partial charge on any atom is 0.257 e. The van der Waals surface area contributed by atoms with Crippen molar-refractivity contribution >= 4 is 23.4 Å². The average molecular weight is 529 g/mol. The Hall–Kier alpha value is -3.63. The molecule has 0 saturated carbocycles. The van der Waals surface area contributed by atoms with Crippen LogP contribution in [-0.4, -0.2) is 37.8 Å². The van der Waals surface area contributed by atoms with Crippen molar-refractivity contribution in [3.8, 4) is 0 Å². The third-order valence-electron chi connectivity index (χ3n) is 6.38. The standard InChI is InChI=1S/C29H28N4O4S/c1-19-25(18-38-29-31-13-4-14-32-29)36-28(37-26(19)21-10-8-20(17-34)9-11-21)22-5-2-7-24(15-22)33-27(35)23-6-3-12-30-16-23/h2-16,19,25-26,28,34H,17-18H2,1H3,(H,33,35)/t19-,25+,26+,28+/m0/s1. The molecule has 194 valence electrons. The van der Waals surface area contributed by atoms with E-state index in [1.165, 1.54) is 6.20 Å². The van der Waals surface area contributed by atoms with Gasteiger partial charge in [-0.2, -0.15) is 0 Å². The quantitative estimate of drug-likeness (QED) is 0.237. The number of nitrogens with one attached hydrogen (secondary N) is 1. The van der Waals surface area contributed by atoms with Crippen molar-refractivity contribution in [2.24, 2.45) is 5.92 Å². The number of hydrogen-bond donors (Lipinski definition) is 2. The molecule has 2 N–H and O–H groups in total. The second kappa shape index (κ2) is 12.3. The maximum atomic E-state index is 12.7. The predicted molar refractivity (Wildman–Crippen MR) is 144 cm³/mol. The van der Waals surface area contributed by atoms with E-state index in [4.69, 9.17) is 9.47 Å². The van der Waals surface area contributed by atoms with Gasteiger partial charge in [-0.25, -0.2) is 9.97 Å². The Morgan fingerprint density at radius 1 is 0.974 bits per heavy atom. The summed E-state index contributed by atoms with van der Waals surface area (Å²) < 4.78 is 13.0. The van der Waals surface area contributed by atoms with Gasteiger partial charge in [0.1, 0.15) is 0 Å². The highest BCUT2D eigenvalue weighted by Crippen LogP contribution is 2.43. The van der Waals surface area contributed by atoms with Gasteiger partial charge in [0.2, 0.25) is 0 Å². The van der Waals surface area contributed by atoms with Crippen LogP contribution in [0.15, 0.2) is 96.7 Å². The highest BCUT2D eigenvalue weighted by atomic mass is 32.2.